The SMILES string of the molecule is O=C(Cc1ccccc1[N+](=O)[O-])N/N=C/c1cc(Cl)c(OCc2ccc(Cl)cc2)c(Br)c1. The molecule has 0 aliphatic heterocycles. The summed E-state index contributed by atoms with van der Waals surface area (Å²) in [6.45, 7) is 0.310. The second-order valence-electron chi connectivity index (χ2n) is 6.58. The molecule has 0 aliphatic rings. The fourth-order valence-corrected chi connectivity index (χ4v) is 3.87. The van der Waals surface area contributed by atoms with Gasteiger partial charge in [0.15, 0.2) is 5.75 Å². The Labute approximate surface area is 202 Å². The van der Waals surface area contributed by atoms with Crippen LogP contribution in [0.15, 0.2) is 70.2 Å². The molecule has 0 radical (unpaired) electrons. The number of halogens is 3. The van der Waals surface area contributed by atoms with Gasteiger partial charge < -0.3 is 4.74 Å². The van der Waals surface area contributed by atoms with Crippen LogP contribution in [0.25, 0.3) is 0 Å². The average Bonchev–Trinajstić information content (AvgIpc) is 2.74. The average molecular weight is 537 g/mol. The number of nitrogens with zero attached hydrogens (tertiary/aromatic N) is 2. The van der Waals surface area contributed by atoms with Gasteiger partial charge in [-0.3, -0.25) is 14.9 Å². The van der Waals surface area contributed by atoms with Gasteiger partial charge in [0, 0.05) is 16.7 Å². The van der Waals surface area contributed by atoms with E-state index < -0.39 is 10.8 Å². The number of benzene rings is 3. The Kier molecular flexibility index (Phi) is 8.21. The van der Waals surface area contributed by atoms with Crippen molar-refractivity contribution in [3.05, 3.63) is 102 Å². The van der Waals surface area contributed by atoms with Crippen LogP contribution < -0.4 is 10.2 Å². The third kappa shape index (κ3) is 6.53. The molecule has 0 aliphatic carbocycles. The van der Waals surface area contributed by atoms with Crippen LogP contribution in [0.3, 0.4) is 0 Å². The summed E-state index contributed by atoms with van der Waals surface area (Å²) in [5, 5.41) is 16.0. The zero-order valence-corrected chi connectivity index (χ0v) is 19.5. The number of ether oxygens (including phenoxy) is 1. The minimum absolute atomic E-state index is 0.114. The molecule has 0 aromatic heterocycles. The molecular weight excluding hydrogens is 521 g/mol. The normalized spacial score (nSPS) is 10.8. The van der Waals surface area contributed by atoms with E-state index >= 15 is 0 Å². The van der Waals surface area contributed by atoms with Crippen LogP contribution in [0.1, 0.15) is 16.7 Å². The topological polar surface area (TPSA) is 93.8 Å². The molecule has 164 valence electrons. The number of para-hydroxylation sites is 1. The molecule has 0 bridgehead atoms. The van der Waals surface area contributed by atoms with Crippen molar-refractivity contribution in [2.75, 3.05) is 0 Å². The third-order valence-electron chi connectivity index (χ3n) is 4.26. The molecule has 0 atom stereocenters. The highest BCUT2D eigenvalue weighted by Crippen LogP contribution is 2.34. The number of hydrazone groups is 1. The predicted octanol–water partition coefficient (Wildman–Crippen LogP) is 5.94. The zero-order chi connectivity index (χ0) is 23.1. The molecule has 3 rings (SSSR count). The highest BCUT2D eigenvalue weighted by atomic mass is 79.9. The van der Waals surface area contributed by atoms with Gasteiger partial charge in [-0.2, -0.15) is 5.10 Å². The Hall–Kier alpha value is -2.94. The number of carbonyl (C=O) groups is 1. The summed E-state index contributed by atoms with van der Waals surface area (Å²) < 4.78 is 6.41. The van der Waals surface area contributed by atoms with E-state index in [1.54, 1.807) is 36.4 Å². The minimum Gasteiger partial charge on any atom is -0.486 e. The molecule has 0 saturated carbocycles. The van der Waals surface area contributed by atoms with Gasteiger partial charge in [0.1, 0.15) is 6.61 Å². The lowest BCUT2D eigenvalue weighted by molar-refractivity contribution is -0.385. The summed E-state index contributed by atoms with van der Waals surface area (Å²) in [5.41, 5.74) is 4.10. The Morgan fingerprint density at radius 2 is 1.88 bits per heavy atom. The first kappa shape index (κ1) is 23.7. The van der Waals surface area contributed by atoms with E-state index in [1.165, 1.54) is 18.3 Å². The van der Waals surface area contributed by atoms with Crippen molar-refractivity contribution in [2.24, 2.45) is 5.10 Å². The summed E-state index contributed by atoms with van der Waals surface area (Å²) >= 11 is 15.6. The van der Waals surface area contributed by atoms with Crippen molar-refractivity contribution < 1.29 is 14.5 Å². The summed E-state index contributed by atoms with van der Waals surface area (Å²) in [6, 6.07) is 16.7. The molecule has 7 nitrogen and oxygen atoms in total. The van der Waals surface area contributed by atoms with Crippen LogP contribution in [-0.4, -0.2) is 17.0 Å². The van der Waals surface area contributed by atoms with Gasteiger partial charge in [-0.25, -0.2) is 5.43 Å². The van der Waals surface area contributed by atoms with Crippen LogP contribution >= 0.6 is 39.1 Å². The van der Waals surface area contributed by atoms with E-state index in [2.05, 4.69) is 26.5 Å². The van der Waals surface area contributed by atoms with E-state index in [9.17, 15) is 14.9 Å². The molecule has 1 N–H and O–H groups in total. The number of hydrogen-bond acceptors (Lipinski definition) is 5. The van der Waals surface area contributed by atoms with Crippen molar-refractivity contribution >= 4 is 56.9 Å². The van der Waals surface area contributed by atoms with Crippen LogP contribution in [-0.2, 0) is 17.8 Å². The van der Waals surface area contributed by atoms with Gasteiger partial charge in [0.25, 0.3) is 5.69 Å². The Balaban J connectivity index is 1.60. The summed E-state index contributed by atoms with van der Waals surface area (Å²) in [7, 11) is 0. The Morgan fingerprint density at radius 3 is 2.56 bits per heavy atom. The van der Waals surface area contributed by atoms with Gasteiger partial charge in [0.05, 0.1) is 27.1 Å². The highest BCUT2D eigenvalue weighted by molar-refractivity contribution is 9.10. The van der Waals surface area contributed by atoms with Gasteiger partial charge in [0.2, 0.25) is 5.91 Å². The van der Waals surface area contributed by atoms with Crippen molar-refractivity contribution in [1.29, 1.82) is 0 Å². The summed E-state index contributed by atoms with van der Waals surface area (Å²) in [6.07, 6.45) is 1.24. The zero-order valence-electron chi connectivity index (χ0n) is 16.4. The van der Waals surface area contributed by atoms with E-state index in [0.717, 1.165) is 5.56 Å². The Morgan fingerprint density at radius 1 is 1.16 bits per heavy atom. The molecule has 0 spiro atoms. The molecule has 10 heteroatoms. The standard InChI is InChI=1S/C22H16BrCl2N3O4/c23-18-9-15(10-19(25)22(18)32-13-14-5-7-17(24)8-6-14)12-26-27-21(29)11-16-3-1-2-4-20(16)28(30)31/h1-10,12H,11,13H2,(H,27,29)/b26-12+. The predicted molar refractivity (Wildman–Crippen MR) is 127 cm³/mol. The van der Waals surface area contributed by atoms with Gasteiger partial charge >= 0.3 is 0 Å². The molecule has 0 saturated heterocycles. The van der Waals surface area contributed by atoms with Crippen molar-refractivity contribution in [2.45, 2.75) is 13.0 Å². The molecule has 0 heterocycles. The maximum absolute atomic E-state index is 12.1. The lowest BCUT2D eigenvalue weighted by atomic mass is 10.1. The van der Waals surface area contributed by atoms with E-state index in [-0.39, 0.29) is 12.1 Å². The smallest absolute Gasteiger partial charge is 0.273 e. The van der Waals surface area contributed by atoms with Crippen molar-refractivity contribution in [3.63, 3.8) is 0 Å². The largest absolute Gasteiger partial charge is 0.486 e. The maximum Gasteiger partial charge on any atom is 0.273 e. The maximum atomic E-state index is 12.1. The first-order chi connectivity index (χ1) is 15.3. The van der Waals surface area contributed by atoms with Crippen molar-refractivity contribution in [3.8, 4) is 5.75 Å². The summed E-state index contributed by atoms with van der Waals surface area (Å²) in [4.78, 5) is 22.6. The quantitative estimate of drug-likeness (QED) is 0.219. The monoisotopic (exact) mass is 535 g/mol. The highest BCUT2D eigenvalue weighted by Gasteiger charge is 2.15. The van der Waals surface area contributed by atoms with E-state index in [1.807, 2.05) is 12.1 Å². The fourth-order valence-electron chi connectivity index (χ4n) is 2.76. The molecule has 3 aromatic carbocycles. The summed E-state index contributed by atoms with van der Waals surface area (Å²) in [5.74, 6) is -0.0113. The lowest BCUT2D eigenvalue weighted by Crippen LogP contribution is -2.20. The molecule has 3 aromatic rings. The molecule has 1 amide bonds. The number of hydrogen-bond donors (Lipinski definition) is 1. The number of nitrogens with one attached hydrogen (secondary N) is 1. The van der Waals surface area contributed by atoms with Crippen LogP contribution in [0.2, 0.25) is 10.0 Å². The number of rotatable bonds is 8. The molecule has 0 unspecified atom stereocenters. The fraction of sp³-hybridized carbons (Fsp3) is 0.0909. The second kappa shape index (κ2) is 11.1. The molecule has 32 heavy (non-hydrogen) atoms. The van der Waals surface area contributed by atoms with Gasteiger partial charge in [-0.1, -0.05) is 53.5 Å². The first-order valence-electron chi connectivity index (χ1n) is 9.24. The first-order valence-corrected chi connectivity index (χ1v) is 10.8. The van der Waals surface area contributed by atoms with Gasteiger partial charge in [-0.05, 0) is 51.3 Å². The second-order valence-corrected chi connectivity index (χ2v) is 8.28. The molecule has 0 fully saturated rings. The lowest BCUT2D eigenvalue weighted by Gasteiger charge is -2.11. The number of carbonyl (C=O) groups excluding carboxylic acids is 1. The van der Waals surface area contributed by atoms with Crippen LogP contribution in [0, 0.1) is 10.1 Å². The van der Waals surface area contributed by atoms with E-state index in [0.29, 0.717) is 38.0 Å². The minimum atomic E-state index is -0.526. The van der Waals surface area contributed by atoms with Gasteiger partial charge in [-0.15, -0.1) is 0 Å². The number of amides is 1. The van der Waals surface area contributed by atoms with Crippen LogP contribution in [0.5, 0.6) is 5.75 Å². The van der Waals surface area contributed by atoms with E-state index in [4.69, 9.17) is 27.9 Å². The number of nitro benzene ring substituents is 1. The van der Waals surface area contributed by atoms with Crippen LogP contribution in [0.4, 0.5) is 5.69 Å². The Bertz CT molecular complexity index is 1150. The van der Waals surface area contributed by atoms with Crippen molar-refractivity contribution in [1.82, 2.24) is 5.43 Å². The molecular formula is C22H16BrCl2N3O4. The third-order valence-corrected chi connectivity index (χ3v) is 5.38. The number of nitro groups is 1.